The molecule has 0 aliphatic rings. The number of nitrogens with one attached hydrogen (secondary N) is 1. The number of hydrogen-bond acceptors (Lipinski definition) is 4. The lowest BCUT2D eigenvalue weighted by Crippen LogP contribution is -2.15. The van der Waals surface area contributed by atoms with Crippen LogP contribution in [0.3, 0.4) is 0 Å². The van der Waals surface area contributed by atoms with Crippen molar-refractivity contribution in [2.45, 2.75) is 13.8 Å². The second-order valence-electron chi connectivity index (χ2n) is 3.90. The summed E-state index contributed by atoms with van der Waals surface area (Å²) >= 11 is 0. The summed E-state index contributed by atoms with van der Waals surface area (Å²) in [5.41, 5.74) is 1.26. The normalized spacial score (nSPS) is 10.0. The molecule has 0 atom stereocenters. The maximum absolute atomic E-state index is 12.1. The van der Waals surface area contributed by atoms with E-state index in [1.54, 1.807) is 30.5 Å². The van der Waals surface area contributed by atoms with Crippen molar-refractivity contribution in [3.63, 3.8) is 0 Å². The number of hydrogen-bond donors (Lipinski definition) is 1. The van der Waals surface area contributed by atoms with E-state index in [1.165, 1.54) is 0 Å². The van der Waals surface area contributed by atoms with E-state index in [4.69, 9.17) is 4.74 Å². The number of benzene rings is 1. The maximum Gasteiger partial charge on any atom is 0.261 e. The van der Waals surface area contributed by atoms with Crippen LogP contribution in [0.2, 0.25) is 0 Å². The Morgan fingerprint density at radius 1 is 1.32 bits per heavy atom. The molecule has 5 heteroatoms. The van der Waals surface area contributed by atoms with E-state index in [2.05, 4.69) is 15.3 Å². The molecule has 2 rings (SSSR count). The molecule has 0 saturated carbocycles. The Morgan fingerprint density at radius 3 is 2.84 bits per heavy atom. The van der Waals surface area contributed by atoms with Gasteiger partial charge in [-0.15, -0.1) is 0 Å². The van der Waals surface area contributed by atoms with Gasteiger partial charge in [0, 0.05) is 11.9 Å². The van der Waals surface area contributed by atoms with Gasteiger partial charge in [-0.3, -0.25) is 10.1 Å². The number of carbonyl (C=O) groups is 1. The number of ether oxygens (including phenoxy) is 1. The maximum atomic E-state index is 12.1. The molecule has 0 aliphatic heterocycles. The Hall–Kier alpha value is -2.43. The lowest BCUT2D eigenvalue weighted by molar-refractivity contribution is 0.102. The topological polar surface area (TPSA) is 64.1 Å². The average Bonchev–Trinajstić information content (AvgIpc) is 2.39. The third kappa shape index (κ3) is 3.28. The highest BCUT2D eigenvalue weighted by molar-refractivity contribution is 6.05. The van der Waals surface area contributed by atoms with Crippen LogP contribution in [0.4, 0.5) is 5.95 Å². The molecule has 1 heterocycles. The average molecular weight is 257 g/mol. The van der Waals surface area contributed by atoms with Crippen molar-refractivity contribution in [1.29, 1.82) is 0 Å². The zero-order valence-corrected chi connectivity index (χ0v) is 10.9. The third-order valence-corrected chi connectivity index (χ3v) is 2.45. The van der Waals surface area contributed by atoms with Gasteiger partial charge in [0.1, 0.15) is 5.75 Å². The number of nitrogens with zero attached hydrogens (tertiary/aromatic N) is 2. The van der Waals surface area contributed by atoms with E-state index in [0.29, 0.717) is 17.9 Å². The highest BCUT2D eigenvalue weighted by Gasteiger charge is 2.13. The molecule has 0 aliphatic carbocycles. The second kappa shape index (κ2) is 5.95. The molecule has 0 bridgehead atoms. The lowest BCUT2D eigenvalue weighted by atomic mass is 10.2. The first-order valence-electron chi connectivity index (χ1n) is 6.03. The molecule has 19 heavy (non-hydrogen) atoms. The standard InChI is InChI=1S/C14H15N3O2/c1-3-19-12-7-5-4-6-11(12)13(18)17-14-15-9-8-10(2)16-14/h4-9H,3H2,1-2H3,(H,15,16,17,18). The van der Waals surface area contributed by atoms with Gasteiger partial charge in [0.2, 0.25) is 5.95 Å². The molecule has 0 fully saturated rings. The van der Waals surface area contributed by atoms with Crippen molar-refractivity contribution in [2.24, 2.45) is 0 Å². The molecule has 1 aromatic carbocycles. The molecular weight excluding hydrogens is 242 g/mol. The summed E-state index contributed by atoms with van der Waals surface area (Å²) in [4.78, 5) is 20.3. The number of rotatable bonds is 4. The fraction of sp³-hybridized carbons (Fsp3) is 0.214. The van der Waals surface area contributed by atoms with Gasteiger partial charge >= 0.3 is 0 Å². The lowest BCUT2D eigenvalue weighted by Gasteiger charge is -2.09. The van der Waals surface area contributed by atoms with Gasteiger partial charge in [-0.2, -0.15) is 0 Å². The quantitative estimate of drug-likeness (QED) is 0.913. The summed E-state index contributed by atoms with van der Waals surface area (Å²) in [7, 11) is 0. The second-order valence-corrected chi connectivity index (χ2v) is 3.90. The molecule has 0 radical (unpaired) electrons. The first-order valence-corrected chi connectivity index (χ1v) is 6.03. The van der Waals surface area contributed by atoms with Crippen molar-refractivity contribution in [3.05, 3.63) is 47.8 Å². The Kier molecular flexibility index (Phi) is 4.07. The fourth-order valence-electron chi connectivity index (χ4n) is 1.61. The van der Waals surface area contributed by atoms with Crippen LogP contribution in [0, 0.1) is 6.92 Å². The van der Waals surface area contributed by atoms with Crippen LogP contribution >= 0.6 is 0 Å². The summed E-state index contributed by atoms with van der Waals surface area (Å²) in [5, 5.41) is 2.66. The molecule has 98 valence electrons. The van der Waals surface area contributed by atoms with Gasteiger partial charge in [-0.05, 0) is 32.0 Å². The summed E-state index contributed by atoms with van der Waals surface area (Å²) < 4.78 is 5.42. The van der Waals surface area contributed by atoms with Gasteiger partial charge < -0.3 is 4.74 Å². The van der Waals surface area contributed by atoms with Crippen molar-refractivity contribution >= 4 is 11.9 Å². The molecule has 0 saturated heterocycles. The predicted octanol–water partition coefficient (Wildman–Crippen LogP) is 2.44. The molecular formula is C14H15N3O2. The third-order valence-electron chi connectivity index (χ3n) is 2.45. The fourth-order valence-corrected chi connectivity index (χ4v) is 1.61. The minimum atomic E-state index is -0.283. The van der Waals surface area contributed by atoms with Crippen LogP contribution in [0.1, 0.15) is 23.0 Å². The predicted molar refractivity (Wildman–Crippen MR) is 72.3 cm³/mol. The van der Waals surface area contributed by atoms with Gasteiger partial charge in [-0.25, -0.2) is 9.97 Å². The van der Waals surface area contributed by atoms with Gasteiger partial charge in [0.15, 0.2) is 0 Å². The Labute approximate surface area is 111 Å². The van der Waals surface area contributed by atoms with Crippen molar-refractivity contribution in [2.75, 3.05) is 11.9 Å². The van der Waals surface area contributed by atoms with Crippen LogP contribution in [0.5, 0.6) is 5.75 Å². The smallest absolute Gasteiger partial charge is 0.261 e. The Morgan fingerprint density at radius 2 is 2.11 bits per heavy atom. The van der Waals surface area contributed by atoms with E-state index < -0.39 is 0 Å². The van der Waals surface area contributed by atoms with E-state index >= 15 is 0 Å². The molecule has 1 amide bonds. The zero-order chi connectivity index (χ0) is 13.7. The van der Waals surface area contributed by atoms with Crippen molar-refractivity contribution in [3.8, 4) is 5.75 Å². The first kappa shape index (κ1) is 13.0. The number of anilines is 1. The van der Waals surface area contributed by atoms with Gasteiger partial charge in [0.05, 0.1) is 12.2 Å². The van der Waals surface area contributed by atoms with Gasteiger partial charge in [0.25, 0.3) is 5.91 Å². The molecule has 2 aromatic rings. The molecule has 0 unspecified atom stereocenters. The summed E-state index contributed by atoms with van der Waals surface area (Å²) in [6.07, 6.45) is 1.60. The van der Waals surface area contributed by atoms with Gasteiger partial charge in [-0.1, -0.05) is 12.1 Å². The number of aromatic nitrogens is 2. The number of aryl methyl sites for hydroxylation is 1. The number of amides is 1. The van der Waals surface area contributed by atoms with Crippen LogP contribution in [-0.2, 0) is 0 Å². The molecule has 5 nitrogen and oxygen atoms in total. The van der Waals surface area contributed by atoms with Crippen LogP contribution in [0.15, 0.2) is 36.5 Å². The van der Waals surface area contributed by atoms with E-state index in [-0.39, 0.29) is 11.9 Å². The van der Waals surface area contributed by atoms with E-state index in [0.717, 1.165) is 5.69 Å². The van der Waals surface area contributed by atoms with Crippen molar-refractivity contribution in [1.82, 2.24) is 9.97 Å². The Balaban J connectivity index is 2.20. The van der Waals surface area contributed by atoms with Crippen LogP contribution in [0.25, 0.3) is 0 Å². The van der Waals surface area contributed by atoms with Crippen LogP contribution < -0.4 is 10.1 Å². The highest BCUT2D eigenvalue weighted by atomic mass is 16.5. The summed E-state index contributed by atoms with van der Waals surface area (Å²) in [6, 6.07) is 8.84. The SMILES string of the molecule is CCOc1ccccc1C(=O)Nc1nccc(C)n1. The summed E-state index contributed by atoms with van der Waals surface area (Å²) in [6.45, 7) is 4.22. The number of carbonyl (C=O) groups excluding carboxylic acids is 1. The minimum absolute atomic E-state index is 0.283. The summed E-state index contributed by atoms with van der Waals surface area (Å²) in [5.74, 6) is 0.557. The van der Waals surface area contributed by atoms with Crippen LogP contribution in [-0.4, -0.2) is 22.5 Å². The van der Waals surface area contributed by atoms with Crippen molar-refractivity contribution < 1.29 is 9.53 Å². The number of para-hydroxylation sites is 1. The monoisotopic (exact) mass is 257 g/mol. The molecule has 1 aromatic heterocycles. The largest absolute Gasteiger partial charge is 0.493 e. The molecule has 1 N–H and O–H groups in total. The zero-order valence-electron chi connectivity index (χ0n) is 10.9. The van der Waals surface area contributed by atoms with E-state index in [1.807, 2.05) is 19.9 Å². The Bertz CT molecular complexity index is 584. The van der Waals surface area contributed by atoms with E-state index in [9.17, 15) is 4.79 Å². The highest BCUT2D eigenvalue weighted by Crippen LogP contribution is 2.18. The first-order chi connectivity index (χ1) is 9.20. The minimum Gasteiger partial charge on any atom is -0.493 e. The molecule has 0 spiro atoms.